The summed E-state index contributed by atoms with van der Waals surface area (Å²) in [6, 6.07) is 12.8. The fourth-order valence-corrected chi connectivity index (χ4v) is 2.76. The Kier molecular flexibility index (Phi) is 7.39. The molecule has 7 heteroatoms. The van der Waals surface area contributed by atoms with Crippen LogP contribution < -0.4 is 10.7 Å². The highest BCUT2D eigenvalue weighted by atomic mass is 127. The second kappa shape index (κ2) is 9.53. The molecule has 0 unspecified atom stereocenters. The van der Waals surface area contributed by atoms with Gasteiger partial charge in [-0.1, -0.05) is 23.7 Å². The van der Waals surface area contributed by atoms with Crippen molar-refractivity contribution in [3.63, 3.8) is 0 Å². The fourth-order valence-electron chi connectivity index (χ4n) is 1.99. The summed E-state index contributed by atoms with van der Waals surface area (Å²) in [6.07, 6.45) is 1.67. The topological polar surface area (TPSA) is 70.6 Å². The third kappa shape index (κ3) is 6.83. The summed E-state index contributed by atoms with van der Waals surface area (Å²) < 4.78 is 1.10. The second-order valence-electron chi connectivity index (χ2n) is 5.35. The summed E-state index contributed by atoms with van der Waals surface area (Å²) in [5.74, 6) is -0.527. The lowest BCUT2D eigenvalue weighted by atomic mass is 10.2. The van der Waals surface area contributed by atoms with Crippen molar-refractivity contribution in [2.45, 2.75) is 19.8 Å². The molecule has 0 radical (unpaired) electrons. The van der Waals surface area contributed by atoms with Gasteiger partial charge in [0.1, 0.15) is 0 Å². The Morgan fingerprint density at radius 2 is 1.80 bits per heavy atom. The highest BCUT2D eigenvalue weighted by Gasteiger charge is 2.08. The van der Waals surface area contributed by atoms with Crippen molar-refractivity contribution in [2.75, 3.05) is 5.32 Å². The number of nitrogens with one attached hydrogen (secondary N) is 2. The van der Waals surface area contributed by atoms with Gasteiger partial charge in [-0.2, -0.15) is 5.10 Å². The van der Waals surface area contributed by atoms with Crippen LogP contribution in [-0.4, -0.2) is 18.0 Å². The Morgan fingerprint density at radius 3 is 2.48 bits per heavy atom. The van der Waals surface area contributed by atoms with Crippen molar-refractivity contribution >= 4 is 57.9 Å². The number of hydrogen-bond acceptors (Lipinski definition) is 3. The van der Waals surface area contributed by atoms with Crippen molar-refractivity contribution in [3.8, 4) is 0 Å². The maximum absolute atomic E-state index is 11.9. The highest BCUT2D eigenvalue weighted by Crippen LogP contribution is 2.18. The molecule has 0 fully saturated rings. The molecule has 0 aromatic heterocycles. The number of hydrazone groups is 1. The predicted octanol–water partition coefficient (Wildman–Crippen LogP) is 4.12. The van der Waals surface area contributed by atoms with Crippen LogP contribution in [0.2, 0.25) is 5.02 Å². The number of amides is 2. The van der Waals surface area contributed by atoms with Gasteiger partial charge in [-0.05, 0) is 71.0 Å². The maximum Gasteiger partial charge on any atom is 0.240 e. The van der Waals surface area contributed by atoms with E-state index in [1.165, 1.54) is 6.21 Å². The smallest absolute Gasteiger partial charge is 0.240 e. The summed E-state index contributed by atoms with van der Waals surface area (Å²) in [4.78, 5) is 23.7. The Balaban J connectivity index is 1.75. The predicted molar refractivity (Wildman–Crippen MR) is 109 cm³/mol. The van der Waals surface area contributed by atoms with Gasteiger partial charge in [0.15, 0.2) is 0 Å². The molecule has 0 saturated heterocycles. The molecule has 0 bridgehead atoms. The van der Waals surface area contributed by atoms with Crippen LogP contribution in [0.1, 0.15) is 24.0 Å². The van der Waals surface area contributed by atoms with E-state index >= 15 is 0 Å². The molecular formula is C18H17ClIN3O2. The standard InChI is InChI=1S/C18H17ClIN3O2/c1-12-10-15(20)6-7-16(12)22-17(24)8-9-18(25)23-21-11-13-2-4-14(19)5-3-13/h2-7,10-11H,8-9H2,1H3,(H,22,24)(H,23,25)/b21-11-. The number of anilines is 1. The Morgan fingerprint density at radius 1 is 1.12 bits per heavy atom. The van der Waals surface area contributed by atoms with Gasteiger partial charge in [-0.3, -0.25) is 9.59 Å². The molecule has 0 atom stereocenters. The lowest BCUT2D eigenvalue weighted by Crippen LogP contribution is -2.20. The summed E-state index contributed by atoms with van der Waals surface area (Å²) in [7, 11) is 0. The van der Waals surface area contributed by atoms with E-state index in [1.54, 1.807) is 24.3 Å². The number of nitrogens with zero attached hydrogens (tertiary/aromatic N) is 1. The number of aryl methyl sites for hydroxylation is 1. The SMILES string of the molecule is Cc1cc(I)ccc1NC(=O)CCC(=O)N/N=C\c1ccc(Cl)cc1. The molecule has 25 heavy (non-hydrogen) atoms. The monoisotopic (exact) mass is 469 g/mol. The van der Waals surface area contributed by atoms with Gasteiger partial charge in [0.05, 0.1) is 6.21 Å². The molecule has 2 rings (SSSR count). The van der Waals surface area contributed by atoms with E-state index in [2.05, 4.69) is 38.4 Å². The third-order valence-corrected chi connectivity index (χ3v) is 4.24. The number of halogens is 2. The normalized spacial score (nSPS) is 10.7. The van der Waals surface area contributed by atoms with E-state index in [0.29, 0.717) is 5.02 Å². The summed E-state index contributed by atoms with van der Waals surface area (Å²) in [6.45, 7) is 1.93. The molecule has 0 saturated carbocycles. The number of rotatable bonds is 6. The third-order valence-electron chi connectivity index (χ3n) is 3.31. The van der Waals surface area contributed by atoms with E-state index in [4.69, 9.17) is 11.6 Å². The molecule has 2 amide bonds. The van der Waals surface area contributed by atoms with Crippen LogP contribution in [0.25, 0.3) is 0 Å². The van der Waals surface area contributed by atoms with Crippen molar-refractivity contribution < 1.29 is 9.59 Å². The summed E-state index contributed by atoms with van der Waals surface area (Å²) >= 11 is 8.00. The molecular weight excluding hydrogens is 453 g/mol. The van der Waals surface area contributed by atoms with E-state index in [9.17, 15) is 9.59 Å². The van der Waals surface area contributed by atoms with E-state index < -0.39 is 0 Å². The Bertz CT molecular complexity index is 791. The highest BCUT2D eigenvalue weighted by molar-refractivity contribution is 14.1. The zero-order chi connectivity index (χ0) is 18.2. The lowest BCUT2D eigenvalue weighted by molar-refractivity contribution is -0.124. The van der Waals surface area contributed by atoms with Crippen LogP contribution in [0, 0.1) is 10.5 Å². The van der Waals surface area contributed by atoms with E-state index in [0.717, 1.165) is 20.4 Å². The van der Waals surface area contributed by atoms with Crippen LogP contribution in [0.15, 0.2) is 47.6 Å². The summed E-state index contributed by atoms with van der Waals surface area (Å²) in [5, 5.41) is 7.30. The van der Waals surface area contributed by atoms with Crippen LogP contribution >= 0.6 is 34.2 Å². The lowest BCUT2D eigenvalue weighted by Gasteiger charge is -2.08. The van der Waals surface area contributed by atoms with Crippen LogP contribution in [0.3, 0.4) is 0 Å². The summed E-state index contributed by atoms with van der Waals surface area (Å²) in [5.41, 5.74) is 4.96. The minimum atomic E-state index is -0.320. The maximum atomic E-state index is 11.9. The Hall–Kier alpha value is -1.93. The van der Waals surface area contributed by atoms with Gasteiger partial charge in [-0.25, -0.2) is 5.43 Å². The van der Waals surface area contributed by atoms with Crippen molar-refractivity contribution in [3.05, 3.63) is 62.2 Å². The first kappa shape index (κ1) is 19.4. The largest absolute Gasteiger partial charge is 0.326 e. The second-order valence-corrected chi connectivity index (χ2v) is 7.03. The zero-order valence-electron chi connectivity index (χ0n) is 13.6. The first-order chi connectivity index (χ1) is 11.9. The van der Waals surface area contributed by atoms with Gasteiger partial charge in [0.2, 0.25) is 11.8 Å². The minimum absolute atomic E-state index is 0.0627. The van der Waals surface area contributed by atoms with Crippen molar-refractivity contribution in [1.29, 1.82) is 0 Å². The number of carbonyl (C=O) groups excluding carboxylic acids is 2. The molecule has 130 valence electrons. The van der Waals surface area contributed by atoms with Gasteiger partial charge < -0.3 is 5.32 Å². The molecule has 5 nitrogen and oxygen atoms in total. The molecule has 2 N–H and O–H groups in total. The van der Waals surface area contributed by atoms with Crippen LogP contribution in [-0.2, 0) is 9.59 Å². The van der Waals surface area contributed by atoms with Crippen molar-refractivity contribution in [1.82, 2.24) is 5.43 Å². The average Bonchev–Trinajstić information content (AvgIpc) is 2.57. The molecule has 0 aliphatic heterocycles. The van der Waals surface area contributed by atoms with Crippen LogP contribution in [0.5, 0.6) is 0 Å². The molecule has 2 aromatic rings. The molecule has 0 heterocycles. The molecule has 0 aliphatic carbocycles. The van der Waals surface area contributed by atoms with Gasteiger partial charge in [-0.15, -0.1) is 0 Å². The number of carbonyl (C=O) groups is 2. The quantitative estimate of drug-likeness (QED) is 0.379. The average molecular weight is 470 g/mol. The van der Waals surface area contributed by atoms with Gasteiger partial charge >= 0.3 is 0 Å². The Labute approximate surface area is 165 Å². The van der Waals surface area contributed by atoms with E-state index in [-0.39, 0.29) is 24.7 Å². The van der Waals surface area contributed by atoms with E-state index in [1.807, 2.05) is 25.1 Å². The number of benzene rings is 2. The first-order valence-electron chi connectivity index (χ1n) is 7.57. The zero-order valence-corrected chi connectivity index (χ0v) is 16.5. The number of hydrogen-bond donors (Lipinski definition) is 2. The molecule has 0 aliphatic rings. The van der Waals surface area contributed by atoms with Gasteiger partial charge in [0.25, 0.3) is 0 Å². The minimum Gasteiger partial charge on any atom is -0.326 e. The van der Waals surface area contributed by atoms with Crippen LogP contribution in [0.4, 0.5) is 5.69 Å². The van der Waals surface area contributed by atoms with Gasteiger partial charge in [0, 0.05) is 27.1 Å². The molecule has 0 spiro atoms. The molecule has 2 aromatic carbocycles. The van der Waals surface area contributed by atoms with Crippen molar-refractivity contribution in [2.24, 2.45) is 5.10 Å². The fraction of sp³-hybridized carbons (Fsp3) is 0.167. The first-order valence-corrected chi connectivity index (χ1v) is 9.03.